The number of hydrogen-bond acceptors (Lipinski definition) is 3. The van der Waals surface area contributed by atoms with E-state index in [4.69, 9.17) is 4.74 Å². The summed E-state index contributed by atoms with van der Waals surface area (Å²) in [4.78, 5) is 16.8. The molecule has 0 unspecified atom stereocenters. The summed E-state index contributed by atoms with van der Waals surface area (Å²) in [6.07, 6.45) is 2.15. The first kappa shape index (κ1) is 17.1. The van der Waals surface area contributed by atoms with Crippen molar-refractivity contribution in [3.8, 4) is 0 Å². The van der Waals surface area contributed by atoms with Gasteiger partial charge < -0.3 is 19.9 Å². The molecule has 24 heavy (non-hydrogen) atoms. The summed E-state index contributed by atoms with van der Waals surface area (Å²) >= 11 is 0. The zero-order valence-electron chi connectivity index (χ0n) is 14.8. The molecule has 5 nitrogen and oxygen atoms in total. The number of hydrogen-bond donors (Lipinski definition) is 1. The second kappa shape index (κ2) is 7.43. The molecule has 2 heterocycles. The van der Waals surface area contributed by atoms with Gasteiger partial charge in [-0.15, -0.1) is 0 Å². The van der Waals surface area contributed by atoms with Gasteiger partial charge in [-0.1, -0.05) is 18.2 Å². The van der Waals surface area contributed by atoms with Gasteiger partial charge in [-0.05, 0) is 38.8 Å². The molecule has 1 atom stereocenters. The molecular formula is C19H29N3O2. The molecule has 2 fully saturated rings. The van der Waals surface area contributed by atoms with Crippen molar-refractivity contribution in [3.05, 3.63) is 30.3 Å². The van der Waals surface area contributed by atoms with Crippen LogP contribution in [0, 0.1) is 5.41 Å². The molecule has 1 N–H and O–H groups in total. The topological polar surface area (TPSA) is 44.8 Å². The summed E-state index contributed by atoms with van der Waals surface area (Å²) in [6.45, 7) is 8.95. The van der Waals surface area contributed by atoms with Gasteiger partial charge in [-0.2, -0.15) is 0 Å². The second-order valence-electron chi connectivity index (χ2n) is 7.44. The first-order valence-electron chi connectivity index (χ1n) is 9.01. The van der Waals surface area contributed by atoms with E-state index in [0.717, 1.165) is 52.2 Å². The molecule has 0 saturated carbocycles. The van der Waals surface area contributed by atoms with Crippen LogP contribution in [0.15, 0.2) is 30.3 Å². The Kier molecular flexibility index (Phi) is 5.29. The van der Waals surface area contributed by atoms with Crippen LogP contribution in [0.4, 0.5) is 10.5 Å². The standard InChI is InChI=1S/C19H29N3O2/c1-16(2)20-18(23)22-10-6-9-19(14-22)13-21(11-12-24-15-19)17-7-4-3-5-8-17/h3-5,7-8,16H,6,9-15H2,1-2H3,(H,20,23)/t19-/m1/s1. The van der Waals surface area contributed by atoms with Crippen LogP contribution in [0.2, 0.25) is 0 Å². The Balaban J connectivity index is 1.73. The maximum atomic E-state index is 12.4. The number of carbonyl (C=O) groups is 1. The van der Waals surface area contributed by atoms with Gasteiger partial charge in [-0.3, -0.25) is 0 Å². The van der Waals surface area contributed by atoms with Crippen LogP contribution in [-0.2, 0) is 4.74 Å². The van der Waals surface area contributed by atoms with E-state index in [1.54, 1.807) is 0 Å². The van der Waals surface area contributed by atoms with Crippen molar-refractivity contribution in [1.29, 1.82) is 0 Å². The van der Waals surface area contributed by atoms with E-state index < -0.39 is 0 Å². The first-order valence-corrected chi connectivity index (χ1v) is 9.01. The number of urea groups is 1. The van der Waals surface area contributed by atoms with E-state index in [1.807, 2.05) is 24.8 Å². The summed E-state index contributed by atoms with van der Waals surface area (Å²) in [7, 11) is 0. The van der Waals surface area contributed by atoms with E-state index >= 15 is 0 Å². The van der Waals surface area contributed by atoms with Crippen molar-refractivity contribution >= 4 is 11.7 Å². The maximum absolute atomic E-state index is 12.4. The normalized spacial score (nSPS) is 25.0. The van der Waals surface area contributed by atoms with E-state index in [9.17, 15) is 4.79 Å². The molecule has 3 rings (SSSR count). The summed E-state index contributed by atoms with van der Waals surface area (Å²) in [6, 6.07) is 10.7. The number of ether oxygens (including phenoxy) is 1. The molecule has 0 aromatic heterocycles. The number of piperidine rings is 1. The highest BCUT2D eigenvalue weighted by Gasteiger charge is 2.40. The summed E-state index contributed by atoms with van der Waals surface area (Å²) < 4.78 is 5.95. The van der Waals surface area contributed by atoms with Crippen LogP contribution < -0.4 is 10.2 Å². The minimum absolute atomic E-state index is 0.0267. The predicted octanol–water partition coefficient (Wildman–Crippen LogP) is 2.72. The lowest BCUT2D eigenvalue weighted by molar-refractivity contribution is 0.0242. The van der Waals surface area contributed by atoms with Crippen LogP contribution in [-0.4, -0.2) is 56.4 Å². The Morgan fingerprint density at radius 3 is 2.75 bits per heavy atom. The Hall–Kier alpha value is -1.75. The minimum atomic E-state index is 0.0267. The lowest BCUT2D eigenvalue weighted by Gasteiger charge is -2.44. The number of rotatable bonds is 2. The van der Waals surface area contributed by atoms with E-state index in [0.29, 0.717) is 0 Å². The average molecular weight is 331 g/mol. The molecule has 1 aromatic rings. The lowest BCUT2D eigenvalue weighted by atomic mass is 9.80. The minimum Gasteiger partial charge on any atom is -0.379 e. The maximum Gasteiger partial charge on any atom is 0.317 e. The summed E-state index contributed by atoms with van der Waals surface area (Å²) in [5, 5.41) is 3.03. The van der Waals surface area contributed by atoms with E-state index in [1.165, 1.54) is 5.69 Å². The highest BCUT2D eigenvalue weighted by molar-refractivity contribution is 5.74. The number of nitrogens with zero attached hydrogens (tertiary/aromatic N) is 2. The SMILES string of the molecule is CC(C)NC(=O)N1CCC[C@]2(COCCN(c3ccccc3)C2)C1. The quantitative estimate of drug-likeness (QED) is 0.906. The van der Waals surface area contributed by atoms with Crippen molar-refractivity contribution in [2.24, 2.45) is 5.41 Å². The molecule has 2 amide bonds. The van der Waals surface area contributed by atoms with Crippen molar-refractivity contribution in [1.82, 2.24) is 10.2 Å². The number of amides is 2. The van der Waals surface area contributed by atoms with Crippen molar-refractivity contribution in [2.45, 2.75) is 32.7 Å². The fraction of sp³-hybridized carbons (Fsp3) is 0.632. The Labute approximate surface area is 145 Å². The zero-order valence-corrected chi connectivity index (χ0v) is 14.8. The molecule has 1 aromatic carbocycles. The third kappa shape index (κ3) is 4.01. The predicted molar refractivity (Wildman–Crippen MR) is 96.4 cm³/mol. The highest BCUT2D eigenvalue weighted by Crippen LogP contribution is 2.34. The molecule has 0 aliphatic carbocycles. The third-order valence-electron chi connectivity index (χ3n) is 4.92. The van der Waals surface area contributed by atoms with Crippen LogP contribution >= 0.6 is 0 Å². The van der Waals surface area contributed by atoms with E-state index in [2.05, 4.69) is 34.5 Å². The number of benzene rings is 1. The van der Waals surface area contributed by atoms with Gasteiger partial charge in [0.2, 0.25) is 0 Å². The molecule has 1 spiro atoms. The lowest BCUT2D eigenvalue weighted by Crippen LogP contribution is -2.55. The summed E-state index contributed by atoms with van der Waals surface area (Å²) in [5.41, 5.74) is 1.27. The van der Waals surface area contributed by atoms with Crippen LogP contribution in [0.5, 0.6) is 0 Å². The van der Waals surface area contributed by atoms with Gasteiger partial charge in [0.05, 0.1) is 13.2 Å². The van der Waals surface area contributed by atoms with Gasteiger partial charge >= 0.3 is 6.03 Å². The molecule has 2 aliphatic heterocycles. The van der Waals surface area contributed by atoms with E-state index in [-0.39, 0.29) is 17.5 Å². The fourth-order valence-electron chi connectivity index (χ4n) is 3.82. The Morgan fingerprint density at radius 2 is 2.00 bits per heavy atom. The van der Waals surface area contributed by atoms with Crippen LogP contribution in [0.25, 0.3) is 0 Å². The van der Waals surface area contributed by atoms with Crippen LogP contribution in [0.1, 0.15) is 26.7 Å². The number of likely N-dealkylation sites (tertiary alicyclic amines) is 1. The molecule has 5 heteroatoms. The number of anilines is 1. The smallest absolute Gasteiger partial charge is 0.317 e. The second-order valence-corrected chi connectivity index (χ2v) is 7.44. The van der Waals surface area contributed by atoms with Gasteiger partial charge in [0, 0.05) is 43.3 Å². The number of nitrogens with one attached hydrogen (secondary N) is 1. The molecule has 0 bridgehead atoms. The third-order valence-corrected chi connectivity index (χ3v) is 4.92. The summed E-state index contributed by atoms with van der Waals surface area (Å²) in [5.74, 6) is 0. The van der Waals surface area contributed by atoms with Crippen molar-refractivity contribution < 1.29 is 9.53 Å². The van der Waals surface area contributed by atoms with Gasteiger partial charge in [0.25, 0.3) is 0 Å². The Bertz CT molecular complexity index is 549. The van der Waals surface area contributed by atoms with Gasteiger partial charge in [-0.25, -0.2) is 4.79 Å². The Morgan fingerprint density at radius 1 is 1.21 bits per heavy atom. The molecule has 132 valence electrons. The number of para-hydroxylation sites is 1. The molecule has 0 radical (unpaired) electrons. The monoisotopic (exact) mass is 331 g/mol. The van der Waals surface area contributed by atoms with Gasteiger partial charge in [0.1, 0.15) is 0 Å². The largest absolute Gasteiger partial charge is 0.379 e. The number of carbonyl (C=O) groups excluding carboxylic acids is 1. The van der Waals surface area contributed by atoms with Gasteiger partial charge in [0.15, 0.2) is 0 Å². The highest BCUT2D eigenvalue weighted by atomic mass is 16.5. The molecule has 2 saturated heterocycles. The fourth-order valence-corrected chi connectivity index (χ4v) is 3.82. The first-order chi connectivity index (χ1) is 11.6. The van der Waals surface area contributed by atoms with Crippen LogP contribution in [0.3, 0.4) is 0 Å². The molecular weight excluding hydrogens is 302 g/mol. The molecule has 2 aliphatic rings. The zero-order chi connectivity index (χ0) is 17.0. The average Bonchev–Trinajstić information content (AvgIpc) is 2.78. The van der Waals surface area contributed by atoms with Crippen molar-refractivity contribution in [2.75, 3.05) is 44.3 Å². The van der Waals surface area contributed by atoms with Crippen molar-refractivity contribution in [3.63, 3.8) is 0 Å².